The Morgan fingerprint density at radius 2 is 2.27 bits per heavy atom. The van der Waals surface area contributed by atoms with Gasteiger partial charge in [-0.15, -0.1) is 11.3 Å². The van der Waals surface area contributed by atoms with Crippen molar-refractivity contribution in [2.24, 2.45) is 0 Å². The van der Waals surface area contributed by atoms with Gasteiger partial charge in [-0.1, -0.05) is 19.9 Å². The number of rotatable bonds is 6. The van der Waals surface area contributed by atoms with Crippen LogP contribution in [0.2, 0.25) is 0 Å². The van der Waals surface area contributed by atoms with Crippen LogP contribution in [-0.2, 0) is 6.42 Å². The summed E-state index contributed by atoms with van der Waals surface area (Å²) >= 11 is 1.71. The van der Waals surface area contributed by atoms with Gasteiger partial charge in [-0.25, -0.2) is 0 Å². The topological polar surface area (TPSA) is 32.3 Å². The third kappa shape index (κ3) is 5.30. The molecule has 1 aromatic heterocycles. The fraction of sp³-hybridized carbons (Fsp3) is 0.667. The van der Waals surface area contributed by atoms with Crippen LogP contribution in [0.5, 0.6) is 0 Å². The molecule has 0 aliphatic rings. The van der Waals surface area contributed by atoms with E-state index in [-0.39, 0.29) is 0 Å². The molecule has 0 aliphatic carbocycles. The molecule has 86 valence electrons. The maximum atomic E-state index is 10.2. The van der Waals surface area contributed by atoms with Gasteiger partial charge in [0.15, 0.2) is 0 Å². The molecule has 0 spiro atoms. The molecule has 15 heavy (non-hydrogen) atoms. The molecule has 0 fully saturated rings. The molecule has 1 unspecified atom stereocenters. The Labute approximate surface area is 96.3 Å². The summed E-state index contributed by atoms with van der Waals surface area (Å²) in [5, 5.41) is 15.5. The van der Waals surface area contributed by atoms with E-state index in [0.717, 1.165) is 19.4 Å². The molecule has 0 saturated heterocycles. The normalized spacial score (nSPS) is 15.5. The van der Waals surface area contributed by atoms with Gasteiger partial charge in [0.2, 0.25) is 0 Å². The van der Waals surface area contributed by atoms with Crippen molar-refractivity contribution in [3.8, 4) is 0 Å². The first-order valence-corrected chi connectivity index (χ1v) is 6.36. The fourth-order valence-corrected chi connectivity index (χ4v) is 2.39. The summed E-state index contributed by atoms with van der Waals surface area (Å²) in [6, 6.07) is 4.60. The van der Waals surface area contributed by atoms with Gasteiger partial charge in [0.1, 0.15) is 0 Å². The maximum absolute atomic E-state index is 10.2. The lowest BCUT2D eigenvalue weighted by atomic mass is 9.97. The molecule has 0 amide bonds. The lowest BCUT2D eigenvalue weighted by molar-refractivity contribution is 0.0519. The molecule has 2 nitrogen and oxygen atoms in total. The highest BCUT2D eigenvalue weighted by molar-refractivity contribution is 7.09. The number of aliphatic hydroxyl groups is 1. The van der Waals surface area contributed by atoms with Crippen LogP contribution in [0.4, 0.5) is 0 Å². The summed E-state index contributed by atoms with van der Waals surface area (Å²) in [7, 11) is 0. The number of hydrogen-bond acceptors (Lipinski definition) is 3. The zero-order valence-electron chi connectivity index (χ0n) is 9.79. The van der Waals surface area contributed by atoms with Crippen LogP contribution < -0.4 is 5.32 Å². The van der Waals surface area contributed by atoms with Gasteiger partial charge in [-0.3, -0.25) is 0 Å². The minimum atomic E-state index is -0.591. The standard InChI is InChI=1S/C12H21NOS/c1-10(2)13-7-6-12(3,14)9-11-5-4-8-15-11/h4-5,8,10,13-14H,6-7,9H2,1-3H3. The maximum Gasteiger partial charge on any atom is 0.0679 e. The van der Waals surface area contributed by atoms with E-state index in [2.05, 4.69) is 30.6 Å². The Morgan fingerprint density at radius 3 is 2.80 bits per heavy atom. The molecule has 1 rings (SSSR count). The molecule has 2 N–H and O–H groups in total. The van der Waals surface area contributed by atoms with Crippen molar-refractivity contribution in [3.05, 3.63) is 22.4 Å². The van der Waals surface area contributed by atoms with Crippen molar-refractivity contribution < 1.29 is 5.11 Å². The van der Waals surface area contributed by atoms with E-state index >= 15 is 0 Å². The molecule has 0 bridgehead atoms. The van der Waals surface area contributed by atoms with Gasteiger partial charge in [0.05, 0.1) is 5.60 Å². The summed E-state index contributed by atoms with van der Waals surface area (Å²) in [5.74, 6) is 0. The highest BCUT2D eigenvalue weighted by Gasteiger charge is 2.20. The van der Waals surface area contributed by atoms with E-state index < -0.39 is 5.60 Å². The lowest BCUT2D eigenvalue weighted by Crippen LogP contribution is -2.34. The van der Waals surface area contributed by atoms with Crippen LogP contribution in [0.25, 0.3) is 0 Å². The van der Waals surface area contributed by atoms with E-state index in [4.69, 9.17) is 0 Å². The second kappa shape index (κ2) is 5.64. The predicted octanol–water partition coefficient (Wildman–Crippen LogP) is 2.43. The highest BCUT2D eigenvalue weighted by Crippen LogP contribution is 2.19. The van der Waals surface area contributed by atoms with Crippen LogP contribution in [0.3, 0.4) is 0 Å². The van der Waals surface area contributed by atoms with Crippen LogP contribution in [0, 0.1) is 0 Å². The highest BCUT2D eigenvalue weighted by atomic mass is 32.1. The molecule has 0 aromatic carbocycles. The average molecular weight is 227 g/mol. The van der Waals surface area contributed by atoms with Crippen molar-refractivity contribution in [2.75, 3.05) is 6.54 Å². The molecule has 1 heterocycles. The SMILES string of the molecule is CC(C)NCCC(C)(O)Cc1cccs1. The Bertz CT molecular complexity index is 267. The molecule has 0 aliphatic heterocycles. The first-order valence-electron chi connectivity index (χ1n) is 5.48. The fourth-order valence-electron chi connectivity index (χ4n) is 1.51. The largest absolute Gasteiger partial charge is 0.390 e. The Hall–Kier alpha value is -0.380. The Balaban J connectivity index is 2.32. The Morgan fingerprint density at radius 1 is 1.53 bits per heavy atom. The van der Waals surface area contributed by atoms with Crippen molar-refractivity contribution in [3.63, 3.8) is 0 Å². The number of nitrogens with one attached hydrogen (secondary N) is 1. The van der Waals surface area contributed by atoms with Crippen LogP contribution in [0.15, 0.2) is 17.5 Å². The molecule has 1 aromatic rings. The first kappa shape index (κ1) is 12.7. The monoisotopic (exact) mass is 227 g/mol. The van der Waals surface area contributed by atoms with Crippen LogP contribution in [0.1, 0.15) is 32.1 Å². The van der Waals surface area contributed by atoms with Crippen LogP contribution in [-0.4, -0.2) is 23.3 Å². The van der Waals surface area contributed by atoms with Gasteiger partial charge in [0, 0.05) is 17.3 Å². The third-order valence-corrected chi connectivity index (χ3v) is 3.23. The van der Waals surface area contributed by atoms with Gasteiger partial charge in [-0.05, 0) is 31.3 Å². The second-order valence-electron chi connectivity index (χ2n) is 4.61. The van der Waals surface area contributed by atoms with Gasteiger partial charge >= 0.3 is 0 Å². The van der Waals surface area contributed by atoms with E-state index in [0.29, 0.717) is 6.04 Å². The molecule has 1 atom stereocenters. The minimum absolute atomic E-state index is 0.488. The minimum Gasteiger partial charge on any atom is -0.390 e. The van der Waals surface area contributed by atoms with Crippen LogP contribution >= 0.6 is 11.3 Å². The first-order chi connectivity index (χ1) is 6.99. The summed E-state index contributed by atoms with van der Waals surface area (Å²) < 4.78 is 0. The second-order valence-corrected chi connectivity index (χ2v) is 5.64. The molecular formula is C12H21NOS. The smallest absolute Gasteiger partial charge is 0.0679 e. The number of hydrogen-bond donors (Lipinski definition) is 2. The van der Waals surface area contributed by atoms with Crippen molar-refractivity contribution in [1.82, 2.24) is 5.32 Å². The summed E-state index contributed by atoms with van der Waals surface area (Å²) in [6.45, 7) is 7.02. The van der Waals surface area contributed by atoms with E-state index in [1.54, 1.807) is 11.3 Å². The Kier molecular flexibility index (Phi) is 4.77. The average Bonchev–Trinajstić information content (AvgIpc) is 2.54. The van der Waals surface area contributed by atoms with Crippen molar-refractivity contribution in [1.29, 1.82) is 0 Å². The van der Waals surface area contributed by atoms with Gasteiger partial charge in [0.25, 0.3) is 0 Å². The number of thiophene rings is 1. The lowest BCUT2D eigenvalue weighted by Gasteiger charge is -2.23. The summed E-state index contributed by atoms with van der Waals surface area (Å²) in [6.07, 6.45) is 1.55. The van der Waals surface area contributed by atoms with E-state index in [1.807, 2.05) is 13.0 Å². The quantitative estimate of drug-likeness (QED) is 0.782. The molecular weight excluding hydrogens is 206 g/mol. The third-order valence-electron chi connectivity index (χ3n) is 2.35. The van der Waals surface area contributed by atoms with E-state index in [9.17, 15) is 5.11 Å². The molecule has 0 saturated carbocycles. The summed E-state index contributed by atoms with van der Waals surface area (Å²) in [5.41, 5.74) is -0.591. The summed E-state index contributed by atoms with van der Waals surface area (Å²) in [4.78, 5) is 1.25. The van der Waals surface area contributed by atoms with Crippen molar-refractivity contribution >= 4 is 11.3 Å². The van der Waals surface area contributed by atoms with E-state index in [1.165, 1.54) is 4.88 Å². The van der Waals surface area contributed by atoms with Gasteiger partial charge < -0.3 is 10.4 Å². The predicted molar refractivity (Wildman–Crippen MR) is 66.4 cm³/mol. The van der Waals surface area contributed by atoms with Crippen molar-refractivity contribution in [2.45, 2.75) is 45.3 Å². The zero-order chi connectivity index (χ0) is 11.3. The molecule has 3 heteroatoms. The van der Waals surface area contributed by atoms with Gasteiger partial charge in [-0.2, -0.15) is 0 Å². The molecule has 0 radical (unpaired) electrons. The zero-order valence-corrected chi connectivity index (χ0v) is 10.6.